The fourth-order valence-electron chi connectivity index (χ4n) is 1.12. The first-order valence-corrected chi connectivity index (χ1v) is 5.20. The van der Waals surface area contributed by atoms with Gasteiger partial charge in [0.25, 0.3) is 0 Å². The molecular formula is C8H7BF3KO2S. The van der Waals surface area contributed by atoms with E-state index >= 15 is 0 Å². The van der Waals surface area contributed by atoms with E-state index in [1.165, 1.54) is 18.4 Å². The van der Waals surface area contributed by atoms with Crippen molar-refractivity contribution in [3.8, 4) is 0 Å². The van der Waals surface area contributed by atoms with Crippen LogP contribution in [0.1, 0.15) is 10.4 Å². The van der Waals surface area contributed by atoms with Crippen LogP contribution in [0.15, 0.2) is 23.1 Å². The van der Waals surface area contributed by atoms with Crippen LogP contribution in [0.25, 0.3) is 0 Å². The SMILES string of the molecule is CSc1ccc(C(=O)O)cc1[B-](F)(F)F.[K+]. The summed E-state index contributed by atoms with van der Waals surface area (Å²) in [6.07, 6.45) is 1.51. The van der Waals surface area contributed by atoms with Crippen LogP contribution in [0.3, 0.4) is 0 Å². The van der Waals surface area contributed by atoms with Crippen LogP contribution in [-0.2, 0) is 0 Å². The van der Waals surface area contributed by atoms with Gasteiger partial charge in [-0.1, -0.05) is 17.6 Å². The molecule has 0 aliphatic heterocycles. The zero-order valence-corrected chi connectivity index (χ0v) is 12.6. The average molecular weight is 274 g/mol. The topological polar surface area (TPSA) is 37.3 Å². The second-order valence-corrected chi connectivity index (χ2v) is 3.68. The molecule has 0 bridgehead atoms. The Hall–Kier alpha value is 0.531. The molecule has 1 N–H and O–H groups in total. The molecule has 1 rings (SSSR count). The molecule has 1 aromatic carbocycles. The number of rotatable bonds is 3. The first kappa shape index (κ1) is 16.5. The summed E-state index contributed by atoms with van der Waals surface area (Å²) in [7, 11) is 0. The maximum atomic E-state index is 12.5. The summed E-state index contributed by atoms with van der Waals surface area (Å²) in [4.78, 5) is 10.6. The molecule has 8 heteroatoms. The molecule has 0 saturated carbocycles. The summed E-state index contributed by atoms with van der Waals surface area (Å²) < 4.78 is 37.6. The van der Waals surface area contributed by atoms with Crippen molar-refractivity contribution in [2.24, 2.45) is 0 Å². The molecule has 2 nitrogen and oxygen atoms in total. The van der Waals surface area contributed by atoms with E-state index in [0.717, 1.165) is 11.8 Å². The first-order valence-electron chi connectivity index (χ1n) is 3.97. The Bertz CT molecular complexity index is 397. The van der Waals surface area contributed by atoms with E-state index in [2.05, 4.69) is 0 Å². The fraction of sp³-hybridized carbons (Fsp3) is 0.125. The van der Waals surface area contributed by atoms with Gasteiger partial charge in [-0.3, -0.25) is 0 Å². The number of carbonyl (C=O) groups is 1. The van der Waals surface area contributed by atoms with Gasteiger partial charge >= 0.3 is 64.3 Å². The molecule has 0 radical (unpaired) electrons. The van der Waals surface area contributed by atoms with Crippen molar-refractivity contribution < 1.29 is 74.2 Å². The molecule has 0 heterocycles. The Morgan fingerprint density at radius 2 is 1.94 bits per heavy atom. The van der Waals surface area contributed by atoms with E-state index < -0.39 is 18.4 Å². The van der Waals surface area contributed by atoms with E-state index in [-0.39, 0.29) is 61.8 Å². The number of hydrogen-bond donors (Lipinski definition) is 1. The summed E-state index contributed by atoms with van der Waals surface area (Å²) in [5.41, 5.74) is -1.19. The zero-order valence-electron chi connectivity index (χ0n) is 8.71. The van der Waals surface area contributed by atoms with Crippen molar-refractivity contribution in [1.29, 1.82) is 0 Å². The smallest absolute Gasteiger partial charge is 0.478 e. The number of aromatic carboxylic acids is 1. The molecule has 0 aromatic heterocycles. The maximum Gasteiger partial charge on any atom is 1.00 e. The Morgan fingerprint density at radius 3 is 2.31 bits per heavy atom. The normalized spacial score (nSPS) is 10.8. The average Bonchev–Trinajstić information content (AvgIpc) is 2.15. The third-order valence-electron chi connectivity index (χ3n) is 1.83. The maximum absolute atomic E-state index is 12.5. The van der Waals surface area contributed by atoms with Gasteiger partial charge in [0, 0.05) is 0 Å². The van der Waals surface area contributed by atoms with Crippen molar-refractivity contribution in [2.75, 3.05) is 6.26 Å². The van der Waals surface area contributed by atoms with E-state index in [1.54, 1.807) is 0 Å². The van der Waals surface area contributed by atoms with Crippen molar-refractivity contribution in [1.82, 2.24) is 0 Å². The zero-order chi connectivity index (χ0) is 11.6. The van der Waals surface area contributed by atoms with Gasteiger partial charge in [0.15, 0.2) is 0 Å². The fourth-order valence-corrected chi connectivity index (χ4v) is 1.76. The summed E-state index contributed by atoms with van der Waals surface area (Å²) in [6.45, 7) is -5.17. The van der Waals surface area contributed by atoms with Gasteiger partial charge in [0.2, 0.25) is 0 Å². The second-order valence-electron chi connectivity index (χ2n) is 2.84. The van der Waals surface area contributed by atoms with Gasteiger partial charge in [0.05, 0.1) is 5.56 Å². The van der Waals surface area contributed by atoms with E-state index in [0.29, 0.717) is 6.07 Å². The molecule has 0 amide bonds. The Morgan fingerprint density at radius 1 is 1.38 bits per heavy atom. The molecule has 0 unspecified atom stereocenters. The number of carboxylic acid groups (broad SMARTS) is 1. The molecule has 1 aromatic rings. The number of benzene rings is 1. The summed E-state index contributed by atoms with van der Waals surface area (Å²) in [6, 6.07) is 3.02. The van der Waals surface area contributed by atoms with Crippen LogP contribution >= 0.6 is 11.8 Å². The van der Waals surface area contributed by atoms with Gasteiger partial charge in [-0.15, -0.1) is 11.8 Å². The van der Waals surface area contributed by atoms with Gasteiger partial charge in [0.1, 0.15) is 0 Å². The van der Waals surface area contributed by atoms with Gasteiger partial charge in [-0.05, 0) is 17.2 Å². The minimum Gasteiger partial charge on any atom is -0.478 e. The van der Waals surface area contributed by atoms with Crippen molar-refractivity contribution in [3.05, 3.63) is 23.8 Å². The minimum atomic E-state index is -5.17. The quantitative estimate of drug-likeness (QED) is 0.577. The van der Waals surface area contributed by atoms with Gasteiger partial charge in [-0.25, -0.2) is 4.79 Å². The summed E-state index contributed by atoms with van der Waals surface area (Å²) in [5, 5.41) is 8.57. The van der Waals surface area contributed by atoms with Crippen LogP contribution in [0.5, 0.6) is 0 Å². The third kappa shape index (κ3) is 4.08. The Balaban J connectivity index is 0.00000225. The van der Waals surface area contributed by atoms with Crippen LogP contribution in [0, 0.1) is 0 Å². The number of carboxylic acids is 1. The van der Waals surface area contributed by atoms with Crippen LogP contribution in [0.4, 0.5) is 12.9 Å². The van der Waals surface area contributed by atoms with Crippen molar-refractivity contribution in [2.45, 2.75) is 4.90 Å². The molecule has 0 aliphatic rings. The van der Waals surface area contributed by atoms with E-state index in [4.69, 9.17) is 5.11 Å². The van der Waals surface area contributed by atoms with E-state index in [1.807, 2.05) is 0 Å². The molecule has 82 valence electrons. The Labute approximate surface area is 137 Å². The second kappa shape index (κ2) is 6.46. The summed E-state index contributed by atoms with van der Waals surface area (Å²) in [5.74, 6) is -1.36. The monoisotopic (exact) mass is 274 g/mol. The molecule has 16 heavy (non-hydrogen) atoms. The predicted octanol–water partition coefficient (Wildman–Crippen LogP) is -0.835. The molecule has 0 fully saturated rings. The first-order chi connectivity index (χ1) is 6.86. The predicted molar refractivity (Wildman–Crippen MR) is 53.9 cm³/mol. The molecule has 0 saturated heterocycles. The van der Waals surface area contributed by atoms with Crippen LogP contribution in [-0.4, -0.2) is 24.3 Å². The third-order valence-corrected chi connectivity index (χ3v) is 2.64. The van der Waals surface area contributed by atoms with Crippen molar-refractivity contribution >= 4 is 30.2 Å². The standard InChI is InChI=1S/C8H7BF3O2S.K/c1-15-7-3-2-5(8(13)14)4-6(7)9(10,11)12;/h2-4H,1H3,(H,13,14);/q-1;+1. The van der Waals surface area contributed by atoms with Crippen LogP contribution < -0.4 is 56.8 Å². The van der Waals surface area contributed by atoms with Crippen molar-refractivity contribution in [3.63, 3.8) is 0 Å². The molecule has 0 aliphatic carbocycles. The number of halogens is 3. The molecular weight excluding hydrogens is 267 g/mol. The molecule has 0 atom stereocenters. The van der Waals surface area contributed by atoms with Gasteiger partial charge < -0.3 is 18.1 Å². The largest absolute Gasteiger partial charge is 1.00 e. The van der Waals surface area contributed by atoms with Crippen LogP contribution in [0.2, 0.25) is 0 Å². The van der Waals surface area contributed by atoms with Gasteiger partial charge in [-0.2, -0.15) is 0 Å². The van der Waals surface area contributed by atoms with E-state index in [9.17, 15) is 17.7 Å². The number of hydrogen-bond acceptors (Lipinski definition) is 2. The summed E-state index contributed by atoms with van der Waals surface area (Å²) >= 11 is 0.945. The number of thioether (sulfide) groups is 1. The molecule has 0 spiro atoms. The Kier molecular flexibility index (Phi) is 6.67. The minimum absolute atomic E-state index is 0.